The normalized spacial score (nSPS) is 16.3. The van der Waals surface area contributed by atoms with Gasteiger partial charge in [-0.2, -0.15) is 0 Å². The quantitative estimate of drug-likeness (QED) is 0.733. The average Bonchev–Trinajstić information content (AvgIpc) is 3.19. The van der Waals surface area contributed by atoms with E-state index in [1.807, 2.05) is 6.07 Å². The van der Waals surface area contributed by atoms with Crippen LogP contribution in [0.2, 0.25) is 23.2 Å². The average molecular weight is 326 g/mol. The summed E-state index contributed by atoms with van der Waals surface area (Å²) in [4.78, 5) is 0. The lowest BCUT2D eigenvalue weighted by Gasteiger charge is -2.36. The zero-order chi connectivity index (χ0) is 15.7. The van der Waals surface area contributed by atoms with Crippen molar-refractivity contribution in [2.45, 2.75) is 70.9 Å². The largest absolute Gasteiger partial charge is 0.413 e. The molecule has 1 aliphatic rings. The fourth-order valence-corrected chi connectivity index (χ4v) is 2.99. The molecule has 0 unspecified atom stereocenters. The Morgan fingerprint density at radius 3 is 2.52 bits per heavy atom. The minimum Gasteiger partial charge on any atom is -0.413 e. The van der Waals surface area contributed by atoms with Crippen molar-refractivity contribution in [3.63, 3.8) is 0 Å². The van der Waals surface area contributed by atoms with Crippen LogP contribution < -0.4 is 5.32 Å². The van der Waals surface area contributed by atoms with Crippen LogP contribution in [0.15, 0.2) is 18.2 Å². The smallest absolute Gasteiger partial charge is 0.192 e. The molecule has 2 nitrogen and oxygen atoms in total. The van der Waals surface area contributed by atoms with Crippen molar-refractivity contribution in [3.05, 3.63) is 34.3 Å². The number of hydrogen-bond donors (Lipinski definition) is 1. The fraction of sp³-hybridized carbons (Fsp3) is 0.647. The minimum atomic E-state index is -1.73. The van der Waals surface area contributed by atoms with E-state index in [0.29, 0.717) is 6.61 Å². The van der Waals surface area contributed by atoms with Gasteiger partial charge >= 0.3 is 0 Å². The highest BCUT2D eigenvalue weighted by atomic mass is 35.5. The standard InChI is InChI=1S/C17H28ClNOSi/c1-17(2,3)21(4,5)20-12-14-10-13(6-9-16(14)18)11-19-15-7-8-15/h6,9-10,15,19H,7-8,11-12H2,1-5H3. The topological polar surface area (TPSA) is 21.3 Å². The van der Waals surface area contributed by atoms with Gasteiger partial charge in [-0.25, -0.2) is 0 Å². The third kappa shape index (κ3) is 4.81. The molecule has 2 rings (SSSR count). The molecule has 0 atom stereocenters. The van der Waals surface area contributed by atoms with Crippen molar-refractivity contribution in [1.29, 1.82) is 0 Å². The molecule has 0 spiro atoms. The summed E-state index contributed by atoms with van der Waals surface area (Å²) in [5.74, 6) is 0. The molecule has 1 saturated carbocycles. The first-order valence-electron chi connectivity index (χ1n) is 7.84. The molecule has 1 N–H and O–H groups in total. The van der Waals surface area contributed by atoms with Crippen molar-refractivity contribution < 1.29 is 4.43 Å². The van der Waals surface area contributed by atoms with E-state index in [1.54, 1.807) is 0 Å². The van der Waals surface area contributed by atoms with Crippen LogP contribution in [-0.2, 0) is 17.6 Å². The number of benzene rings is 1. The number of nitrogens with one attached hydrogen (secondary N) is 1. The molecule has 21 heavy (non-hydrogen) atoms. The lowest BCUT2D eigenvalue weighted by Crippen LogP contribution is -2.40. The molecule has 1 fully saturated rings. The van der Waals surface area contributed by atoms with Crippen molar-refractivity contribution in [1.82, 2.24) is 5.32 Å². The third-order valence-electron chi connectivity index (χ3n) is 4.68. The minimum absolute atomic E-state index is 0.227. The van der Waals surface area contributed by atoms with E-state index in [9.17, 15) is 0 Å². The second kappa shape index (κ2) is 6.41. The van der Waals surface area contributed by atoms with E-state index >= 15 is 0 Å². The second-order valence-electron chi connectivity index (χ2n) is 7.63. The highest BCUT2D eigenvalue weighted by Crippen LogP contribution is 2.37. The first-order chi connectivity index (χ1) is 9.69. The number of rotatable bonds is 6. The highest BCUT2D eigenvalue weighted by molar-refractivity contribution is 6.74. The zero-order valence-electron chi connectivity index (χ0n) is 13.9. The molecule has 118 valence electrons. The van der Waals surface area contributed by atoms with Crippen LogP contribution in [0.4, 0.5) is 0 Å². The SMILES string of the molecule is CC(C)(C)[Si](C)(C)OCc1cc(CNC2CC2)ccc1Cl. The van der Waals surface area contributed by atoms with Gasteiger partial charge in [-0.3, -0.25) is 0 Å². The maximum atomic E-state index is 6.33. The summed E-state index contributed by atoms with van der Waals surface area (Å²) in [6.07, 6.45) is 2.63. The molecule has 1 aromatic rings. The van der Waals surface area contributed by atoms with E-state index in [-0.39, 0.29) is 5.04 Å². The van der Waals surface area contributed by atoms with Crippen LogP contribution >= 0.6 is 11.6 Å². The molecule has 0 aliphatic heterocycles. The van der Waals surface area contributed by atoms with Crippen molar-refractivity contribution in [2.24, 2.45) is 0 Å². The zero-order valence-corrected chi connectivity index (χ0v) is 15.7. The van der Waals surface area contributed by atoms with Crippen LogP contribution in [-0.4, -0.2) is 14.4 Å². The summed E-state index contributed by atoms with van der Waals surface area (Å²) in [6.45, 7) is 12.9. The lowest BCUT2D eigenvalue weighted by molar-refractivity contribution is 0.276. The van der Waals surface area contributed by atoms with E-state index < -0.39 is 8.32 Å². The van der Waals surface area contributed by atoms with Gasteiger partial charge < -0.3 is 9.74 Å². The molecule has 1 aromatic carbocycles. The van der Waals surface area contributed by atoms with Gasteiger partial charge in [0.05, 0.1) is 6.61 Å². The molecule has 0 aromatic heterocycles. The Bertz CT molecular complexity index is 492. The Hall–Kier alpha value is -0.353. The van der Waals surface area contributed by atoms with E-state index in [1.165, 1.54) is 18.4 Å². The molecule has 0 bridgehead atoms. The predicted molar refractivity (Wildman–Crippen MR) is 93.3 cm³/mol. The molecular weight excluding hydrogens is 298 g/mol. The van der Waals surface area contributed by atoms with E-state index in [0.717, 1.165) is 23.2 Å². The Balaban J connectivity index is 1.99. The maximum Gasteiger partial charge on any atom is 0.192 e. The van der Waals surface area contributed by atoms with Gasteiger partial charge in [0.25, 0.3) is 0 Å². The molecule has 0 heterocycles. The van der Waals surface area contributed by atoms with Gasteiger partial charge in [0.15, 0.2) is 8.32 Å². The Labute approximate surface area is 135 Å². The van der Waals surface area contributed by atoms with Gasteiger partial charge in [-0.1, -0.05) is 44.5 Å². The van der Waals surface area contributed by atoms with Gasteiger partial charge in [-0.15, -0.1) is 0 Å². The number of halogens is 1. The Kier molecular flexibility index (Phi) is 5.19. The van der Waals surface area contributed by atoms with Crippen molar-refractivity contribution in [2.75, 3.05) is 0 Å². The summed E-state index contributed by atoms with van der Waals surface area (Å²) < 4.78 is 6.29. The summed E-state index contributed by atoms with van der Waals surface area (Å²) in [5.41, 5.74) is 2.40. The molecule has 4 heteroatoms. The van der Waals surface area contributed by atoms with Crippen molar-refractivity contribution in [3.8, 4) is 0 Å². The van der Waals surface area contributed by atoms with Gasteiger partial charge in [0.2, 0.25) is 0 Å². The Morgan fingerprint density at radius 2 is 1.95 bits per heavy atom. The highest BCUT2D eigenvalue weighted by Gasteiger charge is 2.37. The van der Waals surface area contributed by atoms with Crippen LogP contribution in [0.3, 0.4) is 0 Å². The molecule has 0 amide bonds. The van der Waals surface area contributed by atoms with Crippen LogP contribution in [0.1, 0.15) is 44.7 Å². The van der Waals surface area contributed by atoms with Crippen LogP contribution in [0.25, 0.3) is 0 Å². The van der Waals surface area contributed by atoms with E-state index in [2.05, 4.69) is 51.3 Å². The summed E-state index contributed by atoms with van der Waals surface area (Å²) in [6, 6.07) is 7.02. The third-order valence-corrected chi connectivity index (χ3v) is 9.52. The summed E-state index contributed by atoms with van der Waals surface area (Å²) in [7, 11) is -1.73. The lowest BCUT2D eigenvalue weighted by atomic mass is 10.1. The van der Waals surface area contributed by atoms with Gasteiger partial charge in [0, 0.05) is 17.6 Å². The fourth-order valence-electron chi connectivity index (χ4n) is 1.87. The second-order valence-corrected chi connectivity index (χ2v) is 12.8. The summed E-state index contributed by atoms with van der Waals surface area (Å²) >= 11 is 6.33. The molecule has 0 saturated heterocycles. The predicted octanol–water partition coefficient (Wildman–Crippen LogP) is 5.11. The first-order valence-corrected chi connectivity index (χ1v) is 11.1. The molecule has 1 aliphatic carbocycles. The van der Waals surface area contributed by atoms with Crippen LogP contribution in [0, 0.1) is 0 Å². The molecule has 0 radical (unpaired) electrons. The molecular formula is C17H28ClNOSi. The van der Waals surface area contributed by atoms with Crippen LogP contribution in [0.5, 0.6) is 0 Å². The Morgan fingerprint density at radius 1 is 1.29 bits per heavy atom. The first kappa shape index (κ1) is 17.0. The van der Waals surface area contributed by atoms with E-state index in [4.69, 9.17) is 16.0 Å². The van der Waals surface area contributed by atoms with Gasteiger partial charge in [-0.05, 0) is 48.2 Å². The number of hydrogen-bond acceptors (Lipinski definition) is 2. The maximum absolute atomic E-state index is 6.33. The summed E-state index contributed by atoms with van der Waals surface area (Å²) in [5, 5.41) is 4.58. The van der Waals surface area contributed by atoms with Crippen molar-refractivity contribution >= 4 is 19.9 Å². The van der Waals surface area contributed by atoms with Gasteiger partial charge in [0.1, 0.15) is 0 Å². The monoisotopic (exact) mass is 325 g/mol.